The van der Waals surface area contributed by atoms with Gasteiger partial charge in [-0.15, -0.1) is 0 Å². The molecule has 2 nitrogen and oxygen atoms in total. The van der Waals surface area contributed by atoms with E-state index in [9.17, 15) is 4.39 Å². The van der Waals surface area contributed by atoms with E-state index in [4.69, 9.17) is 10.5 Å². The Kier molecular flexibility index (Phi) is 4.81. The predicted molar refractivity (Wildman–Crippen MR) is 75.9 cm³/mol. The quantitative estimate of drug-likeness (QED) is 0.901. The lowest BCUT2D eigenvalue weighted by Crippen LogP contribution is -2.25. The van der Waals surface area contributed by atoms with Gasteiger partial charge in [0.2, 0.25) is 0 Å². The van der Waals surface area contributed by atoms with Gasteiger partial charge in [0.25, 0.3) is 0 Å². The van der Waals surface area contributed by atoms with E-state index < -0.39 is 0 Å². The lowest BCUT2D eigenvalue weighted by molar-refractivity contribution is 0.252. The van der Waals surface area contributed by atoms with Crippen LogP contribution in [0.5, 0.6) is 5.75 Å². The van der Waals surface area contributed by atoms with E-state index in [1.165, 1.54) is 31.7 Å². The molecule has 0 saturated heterocycles. The van der Waals surface area contributed by atoms with E-state index in [1.54, 1.807) is 19.2 Å². The molecule has 19 heavy (non-hydrogen) atoms. The molecule has 2 N–H and O–H groups in total. The molecule has 0 heterocycles. The van der Waals surface area contributed by atoms with E-state index in [2.05, 4.69) is 6.92 Å². The minimum absolute atomic E-state index is 0.207. The number of methoxy groups -OCH3 is 1. The fourth-order valence-electron chi connectivity index (χ4n) is 3.26. The van der Waals surface area contributed by atoms with Crippen molar-refractivity contribution in [2.75, 3.05) is 13.7 Å². The van der Waals surface area contributed by atoms with Gasteiger partial charge in [-0.3, -0.25) is 0 Å². The third kappa shape index (κ3) is 3.27. The molecule has 2 rings (SSSR count). The summed E-state index contributed by atoms with van der Waals surface area (Å²) in [7, 11) is 1.63. The highest BCUT2D eigenvalue weighted by atomic mass is 19.1. The van der Waals surface area contributed by atoms with Crippen molar-refractivity contribution in [1.29, 1.82) is 0 Å². The van der Waals surface area contributed by atoms with Crippen LogP contribution in [0.15, 0.2) is 18.2 Å². The second-order valence-electron chi connectivity index (χ2n) is 5.75. The Labute approximate surface area is 115 Å². The van der Waals surface area contributed by atoms with Crippen molar-refractivity contribution < 1.29 is 9.13 Å². The van der Waals surface area contributed by atoms with Gasteiger partial charge in [-0.25, -0.2) is 4.39 Å². The van der Waals surface area contributed by atoms with Gasteiger partial charge in [0.1, 0.15) is 11.6 Å². The molecule has 106 valence electrons. The van der Waals surface area contributed by atoms with Gasteiger partial charge in [-0.05, 0) is 49.4 Å². The summed E-state index contributed by atoms with van der Waals surface area (Å²) >= 11 is 0. The van der Waals surface area contributed by atoms with Crippen LogP contribution < -0.4 is 10.5 Å². The molecule has 1 aromatic rings. The molecule has 3 heteroatoms. The molecule has 1 unspecified atom stereocenters. The zero-order valence-electron chi connectivity index (χ0n) is 11.9. The summed E-state index contributed by atoms with van der Waals surface area (Å²) in [6, 6.07) is 4.74. The molecule has 1 aliphatic rings. The van der Waals surface area contributed by atoms with Crippen molar-refractivity contribution in [3.05, 3.63) is 29.6 Å². The second-order valence-corrected chi connectivity index (χ2v) is 5.75. The Morgan fingerprint density at radius 1 is 1.32 bits per heavy atom. The number of benzene rings is 1. The lowest BCUT2D eigenvalue weighted by atomic mass is 9.74. The Bertz CT molecular complexity index is 413. The third-order valence-electron chi connectivity index (χ3n) is 4.47. The SMILES string of the molecule is COc1ccc(F)cc1C(CN)C1CCC(C)CC1. The highest BCUT2D eigenvalue weighted by molar-refractivity contribution is 5.37. The molecular formula is C16H24FNO. The first-order chi connectivity index (χ1) is 9.15. The number of hydrogen-bond acceptors (Lipinski definition) is 2. The molecule has 0 spiro atoms. The van der Waals surface area contributed by atoms with Crippen LogP contribution in [0.4, 0.5) is 4.39 Å². The molecule has 1 atom stereocenters. The maximum Gasteiger partial charge on any atom is 0.123 e. The van der Waals surface area contributed by atoms with Gasteiger partial charge in [0.05, 0.1) is 7.11 Å². The Morgan fingerprint density at radius 2 is 2.00 bits per heavy atom. The summed E-state index contributed by atoms with van der Waals surface area (Å²) in [6.45, 7) is 2.86. The van der Waals surface area contributed by atoms with E-state index >= 15 is 0 Å². The molecule has 0 amide bonds. The number of halogens is 1. The minimum Gasteiger partial charge on any atom is -0.496 e. The van der Waals surface area contributed by atoms with Crippen molar-refractivity contribution in [2.45, 2.75) is 38.5 Å². The van der Waals surface area contributed by atoms with Gasteiger partial charge >= 0.3 is 0 Å². The zero-order valence-corrected chi connectivity index (χ0v) is 11.9. The van der Waals surface area contributed by atoms with Gasteiger partial charge in [0.15, 0.2) is 0 Å². The Balaban J connectivity index is 2.23. The van der Waals surface area contributed by atoms with E-state index in [1.807, 2.05) is 0 Å². The first-order valence-electron chi connectivity index (χ1n) is 7.19. The van der Waals surface area contributed by atoms with E-state index in [-0.39, 0.29) is 11.7 Å². The maximum absolute atomic E-state index is 13.5. The topological polar surface area (TPSA) is 35.2 Å². The molecule has 1 aliphatic carbocycles. The summed E-state index contributed by atoms with van der Waals surface area (Å²) in [6.07, 6.45) is 4.86. The van der Waals surface area contributed by atoms with Crippen LogP contribution in [0.2, 0.25) is 0 Å². The molecule has 0 bridgehead atoms. The molecule has 0 radical (unpaired) electrons. The van der Waals surface area contributed by atoms with Crippen molar-refractivity contribution in [3.63, 3.8) is 0 Å². The van der Waals surface area contributed by atoms with Gasteiger partial charge < -0.3 is 10.5 Å². The fourth-order valence-corrected chi connectivity index (χ4v) is 3.26. The van der Waals surface area contributed by atoms with Crippen molar-refractivity contribution in [2.24, 2.45) is 17.6 Å². The summed E-state index contributed by atoms with van der Waals surface area (Å²) < 4.78 is 18.9. The summed E-state index contributed by atoms with van der Waals surface area (Å²) in [5.74, 6) is 2.12. The van der Waals surface area contributed by atoms with Crippen LogP contribution in [0, 0.1) is 17.7 Å². The van der Waals surface area contributed by atoms with Crippen LogP contribution >= 0.6 is 0 Å². The number of nitrogens with two attached hydrogens (primary N) is 1. The normalized spacial score (nSPS) is 25.1. The molecule has 1 saturated carbocycles. The van der Waals surface area contributed by atoms with Gasteiger partial charge in [-0.2, -0.15) is 0 Å². The first kappa shape index (κ1) is 14.3. The van der Waals surface area contributed by atoms with E-state index in [0.29, 0.717) is 12.5 Å². The van der Waals surface area contributed by atoms with Gasteiger partial charge in [0, 0.05) is 11.5 Å². The fraction of sp³-hybridized carbons (Fsp3) is 0.625. The summed E-state index contributed by atoms with van der Waals surface area (Å²) in [4.78, 5) is 0. The second kappa shape index (κ2) is 6.38. The average molecular weight is 265 g/mol. The number of hydrogen-bond donors (Lipinski definition) is 1. The maximum atomic E-state index is 13.5. The molecule has 0 aromatic heterocycles. The molecule has 1 aromatic carbocycles. The van der Waals surface area contributed by atoms with Crippen LogP contribution in [0.3, 0.4) is 0 Å². The van der Waals surface area contributed by atoms with Crippen LogP contribution in [0.1, 0.15) is 44.1 Å². The smallest absolute Gasteiger partial charge is 0.123 e. The van der Waals surface area contributed by atoms with Crippen molar-refractivity contribution in [1.82, 2.24) is 0 Å². The average Bonchev–Trinajstić information content (AvgIpc) is 2.42. The van der Waals surface area contributed by atoms with Crippen molar-refractivity contribution >= 4 is 0 Å². The first-order valence-corrected chi connectivity index (χ1v) is 7.19. The summed E-state index contributed by atoms with van der Waals surface area (Å²) in [5, 5.41) is 0. The number of ether oxygens (including phenoxy) is 1. The largest absolute Gasteiger partial charge is 0.496 e. The van der Waals surface area contributed by atoms with Crippen LogP contribution in [0.25, 0.3) is 0 Å². The van der Waals surface area contributed by atoms with E-state index in [0.717, 1.165) is 17.2 Å². The van der Waals surface area contributed by atoms with Crippen LogP contribution in [-0.4, -0.2) is 13.7 Å². The third-order valence-corrected chi connectivity index (χ3v) is 4.47. The highest BCUT2D eigenvalue weighted by Gasteiger charge is 2.28. The predicted octanol–water partition coefficient (Wildman–Crippen LogP) is 3.70. The monoisotopic (exact) mass is 265 g/mol. The Hall–Kier alpha value is -1.09. The standard InChI is InChI=1S/C16H24FNO/c1-11-3-5-12(6-4-11)15(10-18)14-9-13(17)7-8-16(14)19-2/h7-9,11-12,15H,3-6,10,18H2,1-2H3. The van der Waals surface area contributed by atoms with Crippen LogP contribution in [-0.2, 0) is 0 Å². The molecule has 1 fully saturated rings. The molecule has 0 aliphatic heterocycles. The lowest BCUT2D eigenvalue weighted by Gasteiger charge is -2.33. The number of rotatable bonds is 4. The molecular weight excluding hydrogens is 241 g/mol. The Morgan fingerprint density at radius 3 is 2.58 bits per heavy atom. The highest BCUT2D eigenvalue weighted by Crippen LogP contribution is 2.40. The summed E-state index contributed by atoms with van der Waals surface area (Å²) in [5.41, 5.74) is 6.90. The minimum atomic E-state index is -0.210. The van der Waals surface area contributed by atoms with Gasteiger partial charge in [-0.1, -0.05) is 19.8 Å². The van der Waals surface area contributed by atoms with Crippen molar-refractivity contribution in [3.8, 4) is 5.75 Å². The zero-order chi connectivity index (χ0) is 13.8.